The second-order valence-electron chi connectivity index (χ2n) is 7.35. The summed E-state index contributed by atoms with van der Waals surface area (Å²) in [5.74, 6) is 0.160. The van der Waals surface area contributed by atoms with Crippen molar-refractivity contribution in [1.82, 2.24) is 4.90 Å². The van der Waals surface area contributed by atoms with Crippen molar-refractivity contribution in [3.05, 3.63) is 95.6 Å². The van der Waals surface area contributed by atoms with Crippen molar-refractivity contribution in [1.29, 1.82) is 0 Å². The maximum absolute atomic E-state index is 12.8. The van der Waals surface area contributed by atoms with Crippen LogP contribution in [0.25, 0.3) is 11.1 Å². The molecule has 0 spiro atoms. The number of morpholine rings is 1. The molecule has 142 valence electrons. The second-order valence-corrected chi connectivity index (χ2v) is 7.35. The number of ether oxygens (including phenoxy) is 1. The molecule has 1 fully saturated rings. The Labute approximate surface area is 166 Å². The van der Waals surface area contributed by atoms with Crippen molar-refractivity contribution in [3.8, 4) is 11.1 Å². The lowest BCUT2D eigenvalue weighted by molar-refractivity contribution is -0.138. The Morgan fingerprint density at radius 1 is 0.929 bits per heavy atom. The third-order valence-corrected chi connectivity index (χ3v) is 5.28. The van der Waals surface area contributed by atoms with E-state index in [0.29, 0.717) is 26.1 Å². The van der Waals surface area contributed by atoms with E-state index in [1.807, 2.05) is 23.1 Å². The molecule has 3 heteroatoms. The molecular formula is C25H25NO2. The van der Waals surface area contributed by atoms with E-state index >= 15 is 0 Å². The van der Waals surface area contributed by atoms with Crippen LogP contribution in [0.4, 0.5) is 0 Å². The Bertz CT molecular complexity index is 917. The molecule has 0 bridgehead atoms. The van der Waals surface area contributed by atoms with Crippen LogP contribution in [0.3, 0.4) is 0 Å². The number of amides is 1. The van der Waals surface area contributed by atoms with Crippen LogP contribution < -0.4 is 0 Å². The molecule has 1 heterocycles. The molecule has 0 N–H and O–H groups in total. The highest BCUT2D eigenvalue weighted by atomic mass is 16.5. The lowest BCUT2D eigenvalue weighted by Gasteiger charge is -2.33. The van der Waals surface area contributed by atoms with Gasteiger partial charge in [0.15, 0.2) is 0 Å². The number of hydrogen-bond donors (Lipinski definition) is 0. The molecule has 1 unspecified atom stereocenters. The van der Waals surface area contributed by atoms with Crippen LogP contribution in [-0.4, -0.2) is 30.5 Å². The predicted octanol–water partition coefficient (Wildman–Crippen LogP) is 4.80. The van der Waals surface area contributed by atoms with Gasteiger partial charge in [0.1, 0.15) is 6.10 Å². The SMILES string of the molecule is Cc1ccc(C2CN(C(=O)Cc3ccc(-c4ccccc4)cc3)CCO2)cc1. The molecule has 0 saturated carbocycles. The maximum atomic E-state index is 12.8. The molecule has 4 rings (SSSR count). The minimum Gasteiger partial charge on any atom is -0.370 e. The van der Waals surface area contributed by atoms with Gasteiger partial charge in [-0.2, -0.15) is 0 Å². The standard InChI is InChI=1S/C25H25NO2/c1-19-7-11-23(12-8-19)24-18-26(15-16-28-24)25(27)17-20-9-13-22(14-10-20)21-5-3-2-4-6-21/h2-14,24H,15-18H2,1H3. The summed E-state index contributed by atoms with van der Waals surface area (Å²) >= 11 is 0. The first-order valence-electron chi connectivity index (χ1n) is 9.79. The lowest BCUT2D eigenvalue weighted by Crippen LogP contribution is -2.42. The highest BCUT2D eigenvalue weighted by Gasteiger charge is 2.25. The fourth-order valence-corrected chi connectivity index (χ4v) is 3.59. The zero-order valence-corrected chi connectivity index (χ0v) is 16.2. The molecular weight excluding hydrogens is 346 g/mol. The summed E-state index contributed by atoms with van der Waals surface area (Å²) in [6.45, 7) is 3.93. The summed E-state index contributed by atoms with van der Waals surface area (Å²) in [7, 11) is 0. The Morgan fingerprint density at radius 2 is 1.61 bits per heavy atom. The predicted molar refractivity (Wildman–Crippen MR) is 112 cm³/mol. The van der Waals surface area contributed by atoms with Gasteiger partial charge >= 0.3 is 0 Å². The number of carbonyl (C=O) groups excluding carboxylic acids is 1. The molecule has 1 aliphatic heterocycles. The molecule has 1 aliphatic rings. The normalized spacial score (nSPS) is 16.8. The van der Waals surface area contributed by atoms with Crippen molar-refractivity contribution in [3.63, 3.8) is 0 Å². The maximum Gasteiger partial charge on any atom is 0.227 e. The van der Waals surface area contributed by atoms with E-state index in [1.54, 1.807) is 0 Å². The first-order valence-corrected chi connectivity index (χ1v) is 9.79. The smallest absolute Gasteiger partial charge is 0.227 e. The Balaban J connectivity index is 1.39. The largest absolute Gasteiger partial charge is 0.370 e. The zero-order valence-electron chi connectivity index (χ0n) is 16.2. The number of rotatable bonds is 4. The summed E-state index contributed by atoms with van der Waals surface area (Å²) in [5, 5.41) is 0. The van der Waals surface area contributed by atoms with Crippen LogP contribution in [0.1, 0.15) is 22.8 Å². The van der Waals surface area contributed by atoms with Crippen LogP contribution >= 0.6 is 0 Å². The van der Waals surface area contributed by atoms with Gasteiger partial charge in [-0.05, 0) is 29.2 Å². The highest BCUT2D eigenvalue weighted by Crippen LogP contribution is 2.24. The third kappa shape index (κ3) is 4.32. The van der Waals surface area contributed by atoms with Gasteiger partial charge in [0.2, 0.25) is 5.91 Å². The number of aryl methyl sites for hydroxylation is 1. The van der Waals surface area contributed by atoms with Crippen molar-refractivity contribution >= 4 is 5.91 Å². The van der Waals surface area contributed by atoms with Gasteiger partial charge in [-0.1, -0.05) is 84.4 Å². The van der Waals surface area contributed by atoms with Crippen LogP contribution in [0.5, 0.6) is 0 Å². The summed E-state index contributed by atoms with van der Waals surface area (Å²) < 4.78 is 5.91. The van der Waals surface area contributed by atoms with E-state index in [9.17, 15) is 4.79 Å². The van der Waals surface area contributed by atoms with E-state index in [4.69, 9.17) is 4.74 Å². The monoisotopic (exact) mass is 371 g/mol. The third-order valence-electron chi connectivity index (χ3n) is 5.28. The molecule has 1 saturated heterocycles. The van der Waals surface area contributed by atoms with E-state index in [1.165, 1.54) is 16.7 Å². The summed E-state index contributed by atoms with van der Waals surface area (Å²) in [6, 6.07) is 26.9. The average molecular weight is 371 g/mol. The highest BCUT2D eigenvalue weighted by molar-refractivity contribution is 5.79. The Kier molecular flexibility index (Phi) is 5.54. The fraction of sp³-hybridized carbons (Fsp3) is 0.240. The number of nitrogens with zero attached hydrogens (tertiary/aromatic N) is 1. The topological polar surface area (TPSA) is 29.5 Å². The van der Waals surface area contributed by atoms with E-state index < -0.39 is 0 Å². The van der Waals surface area contributed by atoms with Gasteiger partial charge in [0, 0.05) is 6.54 Å². The van der Waals surface area contributed by atoms with Crippen molar-refractivity contribution in [2.45, 2.75) is 19.4 Å². The molecule has 3 aromatic rings. The van der Waals surface area contributed by atoms with E-state index in [0.717, 1.165) is 11.1 Å². The summed E-state index contributed by atoms with van der Waals surface area (Å²) in [4.78, 5) is 14.8. The Hall–Kier alpha value is -2.91. The van der Waals surface area contributed by atoms with Gasteiger partial charge in [0.05, 0.1) is 19.6 Å². The first-order chi connectivity index (χ1) is 13.7. The van der Waals surface area contributed by atoms with Gasteiger partial charge in [-0.25, -0.2) is 0 Å². The molecule has 0 aliphatic carbocycles. The molecule has 1 atom stereocenters. The lowest BCUT2D eigenvalue weighted by atomic mass is 10.0. The summed E-state index contributed by atoms with van der Waals surface area (Å²) in [5.41, 5.74) is 5.77. The van der Waals surface area contributed by atoms with Gasteiger partial charge in [0.25, 0.3) is 0 Å². The summed E-state index contributed by atoms with van der Waals surface area (Å²) in [6.07, 6.45) is 0.383. The van der Waals surface area contributed by atoms with Gasteiger partial charge in [-0.15, -0.1) is 0 Å². The molecule has 0 aromatic heterocycles. The van der Waals surface area contributed by atoms with E-state index in [-0.39, 0.29) is 12.0 Å². The average Bonchev–Trinajstić information content (AvgIpc) is 2.75. The van der Waals surface area contributed by atoms with Crippen LogP contribution in [0.2, 0.25) is 0 Å². The Morgan fingerprint density at radius 3 is 2.32 bits per heavy atom. The van der Waals surface area contributed by atoms with Crippen LogP contribution in [0.15, 0.2) is 78.9 Å². The van der Waals surface area contributed by atoms with Crippen molar-refractivity contribution < 1.29 is 9.53 Å². The molecule has 3 aromatic carbocycles. The minimum absolute atomic E-state index is 0.0428. The number of carbonyl (C=O) groups is 1. The van der Waals surface area contributed by atoms with Crippen LogP contribution in [0, 0.1) is 6.92 Å². The second kappa shape index (κ2) is 8.41. The van der Waals surface area contributed by atoms with E-state index in [2.05, 4.69) is 67.6 Å². The molecule has 1 amide bonds. The van der Waals surface area contributed by atoms with Crippen LogP contribution in [-0.2, 0) is 16.0 Å². The van der Waals surface area contributed by atoms with Gasteiger partial charge in [-0.3, -0.25) is 4.79 Å². The molecule has 28 heavy (non-hydrogen) atoms. The quantitative estimate of drug-likeness (QED) is 0.659. The fourth-order valence-electron chi connectivity index (χ4n) is 3.59. The number of hydrogen-bond acceptors (Lipinski definition) is 2. The van der Waals surface area contributed by atoms with Crippen molar-refractivity contribution in [2.75, 3.05) is 19.7 Å². The first kappa shape index (κ1) is 18.5. The van der Waals surface area contributed by atoms with Gasteiger partial charge < -0.3 is 9.64 Å². The molecule has 3 nitrogen and oxygen atoms in total. The zero-order chi connectivity index (χ0) is 19.3. The molecule has 0 radical (unpaired) electrons. The van der Waals surface area contributed by atoms with Crippen molar-refractivity contribution in [2.24, 2.45) is 0 Å². The number of benzene rings is 3. The minimum atomic E-state index is -0.0428.